The number of carbonyl (C=O) groups excluding carboxylic acids is 2. The molecular weight excluding hydrogens is 713 g/mol. The van der Waals surface area contributed by atoms with Crippen molar-refractivity contribution in [2.75, 3.05) is 39.6 Å². The minimum absolute atomic E-state index is 0.00182. The number of nitrogens with two attached hydrogens (primary N) is 2. The van der Waals surface area contributed by atoms with E-state index in [1.54, 1.807) is 84.9 Å². The number of hydrogen-bond acceptors (Lipinski definition) is 10. The Kier molecular flexibility index (Phi) is 13.2. The molecule has 0 radical (unpaired) electrons. The molecule has 0 atom stereocenters. The van der Waals surface area contributed by atoms with Gasteiger partial charge in [-0.25, -0.2) is 9.59 Å². The Labute approximate surface area is 323 Å². The predicted octanol–water partition coefficient (Wildman–Crippen LogP) is 7.27. The molecule has 0 bridgehead atoms. The van der Waals surface area contributed by atoms with Crippen LogP contribution in [0.1, 0.15) is 44.7 Å². The second kappa shape index (κ2) is 19.0. The first-order chi connectivity index (χ1) is 27.2. The van der Waals surface area contributed by atoms with Gasteiger partial charge in [0.1, 0.15) is 34.7 Å². The molecular formula is C44H42N4O8. The molecule has 0 saturated carbocycles. The lowest BCUT2D eigenvalue weighted by atomic mass is 10.1. The molecule has 0 spiro atoms. The van der Waals surface area contributed by atoms with Crippen LogP contribution in [-0.2, 0) is 9.47 Å². The Balaban J connectivity index is 0.787. The van der Waals surface area contributed by atoms with E-state index in [-0.39, 0.29) is 11.7 Å². The first-order valence-electron chi connectivity index (χ1n) is 18.0. The van der Waals surface area contributed by atoms with Crippen molar-refractivity contribution in [3.8, 4) is 23.0 Å². The fraction of sp³-hybridized carbons (Fsp3) is 0.182. The number of benzene rings is 6. The van der Waals surface area contributed by atoms with Crippen LogP contribution in [0.5, 0.6) is 23.0 Å². The molecule has 0 heterocycles. The first-order valence-corrected chi connectivity index (χ1v) is 18.0. The van der Waals surface area contributed by atoms with Crippen LogP contribution >= 0.6 is 0 Å². The molecule has 12 nitrogen and oxygen atoms in total. The van der Waals surface area contributed by atoms with Crippen molar-refractivity contribution in [1.29, 1.82) is 10.8 Å². The van der Waals surface area contributed by atoms with Gasteiger partial charge in [-0.2, -0.15) is 0 Å². The highest BCUT2D eigenvalue weighted by molar-refractivity contribution is 6.00. The van der Waals surface area contributed by atoms with Crippen LogP contribution in [0.4, 0.5) is 0 Å². The molecule has 0 amide bonds. The molecule has 6 aromatic carbocycles. The topological polar surface area (TPSA) is 189 Å². The van der Waals surface area contributed by atoms with E-state index in [9.17, 15) is 9.59 Å². The van der Waals surface area contributed by atoms with Gasteiger partial charge in [0.15, 0.2) is 0 Å². The lowest BCUT2D eigenvalue weighted by Crippen LogP contribution is -2.11. The fourth-order valence-electron chi connectivity index (χ4n) is 5.64. The fourth-order valence-corrected chi connectivity index (χ4v) is 5.64. The van der Waals surface area contributed by atoms with Crippen molar-refractivity contribution in [2.24, 2.45) is 11.5 Å². The molecule has 0 aliphatic rings. The van der Waals surface area contributed by atoms with Crippen molar-refractivity contribution < 1.29 is 38.0 Å². The highest BCUT2D eigenvalue weighted by Gasteiger charge is 2.12. The van der Waals surface area contributed by atoms with E-state index < -0.39 is 11.9 Å². The zero-order valence-electron chi connectivity index (χ0n) is 30.6. The number of amidine groups is 2. The van der Waals surface area contributed by atoms with Gasteiger partial charge in [0, 0.05) is 37.2 Å². The van der Waals surface area contributed by atoms with Crippen molar-refractivity contribution in [3.05, 3.63) is 144 Å². The summed E-state index contributed by atoms with van der Waals surface area (Å²) in [5.41, 5.74) is 13.2. The van der Waals surface area contributed by atoms with E-state index in [0.29, 0.717) is 97.7 Å². The number of carbonyl (C=O) groups is 2. The van der Waals surface area contributed by atoms with Crippen LogP contribution in [0.25, 0.3) is 21.5 Å². The second-order valence-corrected chi connectivity index (χ2v) is 12.7. The number of hydrogen-bond donors (Lipinski definition) is 4. The molecule has 0 aliphatic carbocycles. The van der Waals surface area contributed by atoms with E-state index in [4.69, 9.17) is 50.7 Å². The van der Waals surface area contributed by atoms with Crippen molar-refractivity contribution in [3.63, 3.8) is 0 Å². The molecule has 0 aliphatic heterocycles. The van der Waals surface area contributed by atoms with Crippen LogP contribution in [0, 0.1) is 10.8 Å². The Morgan fingerprint density at radius 2 is 0.750 bits per heavy atom. The van der Waals surface area contributed by atoms with Crippen molar-refractivity contribution >= 4 is 45.2 Å². The third-order valence-corrected chi connectivity index (χ3v) is 8.62. The Morgan fingerprint density at radius 3 is 1.14 bits per heavy atom. The molecule has 286 valence electrons. The monoisotopic (exact) mass is 754 g/mol. The van der Waals surface area contributed by atoms with E-state index in [2.05, 4.69) is 0 Å². The Hall–Kier alpha value is -6.76. The third-order valence-electron chi connectivity index (χ3n) is 8.62. The standard InChI is InChI=1S/C44H42N4O8/c45-41(46)35-5-3-33-27-39(17-11-31(33)25-35)55-43(49)29-7-13-37(14-8-29)53-21-1-19-51-23-24-52-20-2-22-54-38-15-9-30(10-16-38)44(50)56-40-18-12-32-26-36(42(47)48)6-4-34(32)28-40/h3-18,25-28H,1-2,19-24H2,(H3,45,46)(H3,47,48). The summed E-state index contributed by atoms with van der Waals surface area (Å²) < 4.78 is 33.9. The van der Waals surface area contributed by atoms with Gasteiger partial charge >= 0.3 is 11.9 Å². The molecule has 56 heavy (non-hydrogen) atoms. The summed E-state index contributed by atoms with van der Waals surface area (Å²) in [5.74, 6) is 1.17. The number of nitrogen functional groups attached to an aromatic ring is 2. The van der Waals surface area contributed by atoms with Gasteiger partial charge in [0.2, 0.25) is 0 Å². The van der Waals surface area contributed by atoms with Gasteiger partial charge in [-0.05, 0) is 106 Å². The average Bonchev–Trinajstić information content (AvgIpc) is 3.21. The van der Waals surface area contributed by atoms with Gasteiger partial charge in [-0.15, -0.1) is 0 Å². The largest absolute Gasteiger partial charge is 0.494 e. The van der Waals surface area contributed by atoms with Crippen LogP contribution in [-0.4, -0.2) is 63.3 Å². The number of fused-ring (bicyclic) bond motifs is 2. The van der Waals surface area contributed by atoms with Crippen LogP contribution in [0.2, 0.25) is 0 Å². The number of esters is 2. The molecule has 6 rings (SSSR count). The average molecular weight is 755 g/mol. The number of nitrogens with one attached hydrogen (secondary N) is 2. The predicted molar refractivity (Wildman–Crippen MR) is 215 cm³/mol. The van der Waals surface area contributed by atoms with E-state index in [1.165, 1.54) is 0 Å². The highest BCUT2D eigenvalue weighted by atomic mass is 16.5. The van der Waals surface area contributed by atoms with Gasteiger partial charge in [-0.1, -0.05) is 36.4 Å². The first kappa shape index (κ1) is 38.9. The molecule has 0 fully saturated rings. The van der Waals surface area contributed by atoms with Gasteiger partial charge in [-0.3, -0.25) is 10.8 Å². The maximum absolute atomic E-state index is 12.7. The lowest BCUT2D eigenvalue weighted by molar-refractivity contribution is 0.0397. The van der Waals surface area contributed by atoms with Crippen LogP contribution < -0.4 is 30.4 Å². The summed E-state index contributed by atoms with van der Waals surface area (Å²) in [6.45, 7) is 2.89. The van der Waals surface area contributed by atoms with E-state index in [1.807, 2.05) is 36.4 Å². The third kappa shape index (κ3) is 10.9. The van der Waals surface area contributed by atoms with Crippen LogP contribution in [0.15, 0.2) is 121 Å². The zero-order chi connectivity index (χ0) is 39.3. The summed E-state index contributed by atoms with van der Waals surface area (Å²) in [4.78, 5) is 25.4. The molecule has 0 aromatic heterocycles. The minimum Gasteiger partial charge on any atom is -0.494 e. The summed E-state index contributed by atoms with van der Waals surface area (Å²) in [6.07, 6.45) is 1.38. The summed E-state index contributed by atoms with van der Waals surface area (Å²) >= 11 is 0. The second-order valence-electron chi connectivity index (χ2n) is 12.7. The molecule has 0 saturated heterocycles. The normalized spacial score (nSPS) is 10.9. The smallest absolute Gasteiger partial charge is 0.343 e. The zero-order valence-corrected chi connectivity index (χ0v) is 30.6. The Bertz CT molecular complexity index is 2160. The summed E-state index contributed by atoms with van der Waals surface area (Å²) in [7, 11) is 0. The minimum atomic E-state index is -0.475. The van der Waals surface area contributed by atoms with Gasteiger partial charge in [0.05, 0.1) is 37.6 Å². The highest BCUT2D eigenvalue weighted by Crippen LogP contribution is 2.25. The van der Waals surface area contributed by atoms with Gasteiger partial charge < -0.3 is 39.9 Å². The molecule has 12 heteroatoms. The van der Waals surface area contributed by atoms with E-state index in [0.717, 1.165) is 21.5 Å². The Morgan fingerprint density at radius 1 is 0.411 bits per heavy atom. The SMILES string of the molecule is N=C(N)c1ccc2cc(OC(=O)c3ccc(OCCCOCCOCCCOc4ccc(C(=O)Oc5ccc6cc(C(=N)N)ccc6c5)cc4)cc3)ccc2c1. The van der Waals surface area contributed by atoms with Crippen molar-refractivity contribution in [2.45, 2.75) is 12.8 Å². The van der Waals surface area contributed by atoms with Crippen LogP contribution in [0.3, 0.4) is 0 Å². The lowest BCUT2D eigenvalue weighted by Gasteiger charge is -2.10. The molecule has 6 N–H and O–H groups in total. The van der Waals surface area contributed by atoms with Gasteiger partial charge in [0.25, 0.3) is 0 Å². The quantitative estimate of drug-likeness (QED) is 0.0215. The summed E-state index contributed by atoms with van der Waals surface area (Å²) in [6, 6.07) is 35.0. The maximum atomic E-state index is 12.7. The molecule has 6 aromatic rings. The number of rotatable bonds is 19. The maximum Gasteiger partial charge on any atom is 0.343 e. The number of ether oxygens (including phenoxy) is 6. The van der Waals surface area contributed by atoms with Crippen molar-refractivity contribution in [1.82, 2.24) is 0 Å². The molecule has 0 unspecified atom stereocenters. The van der Waals surface area contributed by atoms with E-state index >= 15 is 0 Å². The summed E-state index contributed by atoms with van der Waals surface area (Å²) in [5, 5.41) is 18.7.